The van der Waals surface area contributed by atoms with Gasteiger partial charge in [-0.1, -0.05) is 0 Å². The first-order valence-electron chi connectivity index (χ1n) is 14.9. The lowest BCUT2D eigenvalue weighted by molar-refractivity contribution is -0.137. The van der Waals surface area contributed by atoms with Crippen molar-refractivity contribution >= 4 is 78.3 Å². The Morgan fingerprint density at radius 3 is 2.36 bits per heavy atom. The fraction of sp³-hybridized carbons (Fsp3) is 0.533. The molecule has 45 heavy (non-hydrogen) atoms. The topological polar surface area (TPSA) is 165 Å². The molecular formula is C30H35Br2N5O7S. The van der Waals surface area contributed by atoms with Crippen LogP contribution in [0.2, 0.25) is 0 Å². The number of rotatable bonds is 12. The number of hydrogen-bond donors (Lipinski definition) is 4. The molecule has 15 heteroatoms. The Labute approximate surface area is 280 Å². The molecule has 0 unspecified atom stereocenters. The smallest absolute Gasteiger partial charge is 0.287 e. The van der Waals surface area contributed by atoms with E-state index in [1.807, 2.05) is 0 Å². The first-order valence-corrected chi connectivity index (χ1v) is 17.3. The first-order chi connectivity index (χ1) is 21.5. The lowest BCUT2D eigenvalue weighted by atomic mass is 9.54. The standard InChI is InChI=1S/C30H35Br2N5O7S/c1-33-28(41)20(38)6-5-18(34-29(42)25-24(44-2)22(31)26(32)45-25)27(40)35-19-4-3-7-37(30(19)43)13-21(39)36-23-16-9-14-8-15(11-16)12-17(23)10-14/h3-4,7,14-18,23H,5-6,8-13H2,1-2H3,(H,33,41)(H,34,42)(H,35,40)(H,36,39)/t14?,15?,16?,17?,18-,23?/m0/s1. The van der Waals surface area contributed by atoms with Crippen LogP contribution in [0.5, 0.6) is 5.75 Å². The second-order valence-electron chi connectivity index (χ2n) is 12.0. The molecule has 4 fully saturated rings. The van der Waals surface area contributed by atoms with Crippen molar-refractivity contribution in [2.24, 2.45) is 23.7 Å². The van der Waals surface area contributed by atoms with Crippen molar-refractivity contribution in [3.8, 4) is 5.75 Å². The van der Waals surface area contributed by atoms with E-state index in [0.29, 0.717) is 20.1 Å². The monoisotopic (exact) mass is 767 g/mol. The van der Waals surface area contributed by atoms with Crippen LogP contribution in [0.3, 0.4) is 0 Å². The summed E-state index contributed by atoms with van der Waals surface area (Å²) in [7, 11) is 2.71. The van der Waals surface area contributed by atoms with E-state index >= 15 is 0 Å². The van der Waals surface area contributed by atoms with E-state index in [-0.39, 0.29) is 47.6 Å². The average Bonchev–Trinajstić information content (AvgIpc) is 3.30. The van der Waals surface area contributed by atoms with Gasteiger partial charge in [0.05, 0.1) is 15.4 Å². The fourth-order valence-corrected chi connectivity index (χ4v) is 9.44. The zero-order valence-corrected chi connectivity index (χ0v) is 28.8. The molecule has 242 valence electrons. The Hall–Kier alpha value is -3.04. The molecule has 0 saturated heterocycles. The van der Waals surface area contributed by atoms with Crippen molar-refractivity contribution in [1.29, 1.82) is 0 Å². The number of halogens is 2. The Bertz CT molecular complexity index is 1550. The number of methoxy groups -OCH3 is 1. The molecule has 0 aliphatic heterocycles. The second kappa shape index (κ2) is 14.2. The largest absolute Gasteiger partial charge is 0.494 e. The molecule has 2 heterocycles. The van der Waals surface area contributed by atoms with Gasteiger partial charge in [-0.2, -0.15) is 0 Å². The minimum atomic E-state index is -1.29. The van der Waals surface area contributed by atoms with Gasteiger partial charge in [0.2, 0.25) is 17.6 Å². The summed E-state index contributed by atoms with van der Waals surface area (Å²) in [5.74, 6) is -0.483. The Kier molecular flexibility index (Phi) is 10.5. The maximum atomic E-state index is 13.4. The van der Waals surface area contributed by atoms with Gasteiger partial charge in [0, 0.05) is 25.7 Å². The predicted molar refractivity (Wildman–Crippen MR) is 174 cm³/mol. The minimum Gasteiger partial charge on any atom is -0.494 e. The molecule has 4 saturated carbocycles. The number of anilines is 1. The van der Waals surface area contributed by atoms with E-state index in [4.69, 9.17) is 4.74 Å². The lowest BCUT2D eigenvalue weighted by Gasteiger charge is -2.54. The van der Waals surface area contributed by atoms with Gasteiger partial charge in [-0.3, -0.25) is 28.8 Å². The quantitative estimate of drug-likeness (QED) is 0.241. The van der Waals surface area contributed by atoms with Crippen molar-refractivity contribution in [1.82, 2.24) is 20.5 Å². The fourth-order valence-electron chi connectivity index (χ4n) is 7.25. The highest BCUT2D eigenvalue weighted by Gasteiger charge is 2.48. The average molecular weight is 770 g/mol. The number of pyridine rings is 1. The molecule has 0 radical (unpaired) electrons. The van der Waals surface area contributed by atoms with Gasteiger partial charge in [0.1, 0.15) is 23.2 Å². The molecule has 4 N–H and O–H groups in total. The van der Waals surface area contributed by atoms with Crippen LogP contribution in [0, 0.1) is 23.7 Å². The van der Waals surface area contributed by atoms with Crippen LogP contribution in [-0.2, 0) is 25.7 Å². The number of ketones is 1. The van der Waals surface area contributed by atoms with E-state index in [2.05, 4.69) is 53.1 Å². The summed E-state index contributed by atoms with van der Waals surface area (Å²) in [6.45, 7) is -0.200. The summed E-state index contributed by atoms with van der Waals surface area (Å²) in [4.78, 5) is 77.2. The molecular weight excluding hydrogens is 734 g/mol. The van der Waals surface area contributed by atoms with Crippen LogP contribution in [0.25, 0.3) is 0 Å². The van der Waals surface area contributed by atoms with Gasteiger partial charge in [0.25, 0.3) is 17.4 Å². The van der Waals surface area contributed by atoms with E-state index in [1.54, 1.807) is 6.07 Å². The van der Waals surface area contributed by atoms with E-state index in [9.17, 15) is 28.8 Å². The van der Waals surface area contributed by atoms with E-state index < -0.39 is 35.1 Å². The maximum absolute atomic E-state index is 13.4. The van der Waals surface area contributed by atoms with Gasteiger partial charge >= 0.3 is 0 Å². The number of nitrogens with one attached hydrogen (secondary N) is 4. The van der Waals surface area contributed by atoms with Crippen LogP contribution in [0.4, 0.5) is 5.69 Å². The molecule has 0 spiro atoms. The van der Waals surface area contributed by atoms with Gasteiger partial charge in [-0.15, -0.1) is 11.3 Å². The van der Waals surface area contributed by atoms with Crippen molar-refractivity contribution in [3.05, 3.63) is 41.8 Å². The zero-order valence-electron chi connectivity index (χ0n) is 24.8. The van der Waals surface area contributed by atoms with Crippen molar-refractivity contribution in [2.45, 2.75) is 63.6 Å². The molecule has 4 bridgehead atoms. The summed E-state index contributed by atoms with van der Waals surface area (Å²) in [5, 5.41) is 10.6. The van der Waals surface area contributed by atoms with Crippen molar-refractivity contribution in [3.63, 3.8) is 0 Å². The normalized spacial score (nSPS) is 23.6. The van der Waals surface area contributed by atoms with Gasteiger partial charge < -0.3 is 30.6 Å². The number of likely N-dealkylation sites (N-methyl/N-ethyl adjacent to an activating group) is 1. The third-order valence-corrected chi connectivity index (χ3v) is 12.5. The lowest BCUT2D eigenvalue weighted by Crippen LogP contribution is -2.56. The molecule has 6 rings (SSSR count). The number of hydrogen-bond acceptors (Lipinski definition) is 8. The molecule has 12 nitrogen and oxygen atoms in total. The summed E-state index contributed by atoms with van der Waals surface area (Å²) in [6.07, 6.45) is 6.85. The highest BCUT2D eigenvalue weighted by molar-refractivity contribution is 9.13. The van der Waals surface area contributed by atoms with E-state index in [1.165, 1.54) is 37.4 Å². The van der Waals surface area contributed by atoms with Crippen LogP contribution in [0.15, 0.2) is 31.4 Å². The Morgan fingerprint density at radius 1 is 1.07 bits per heavy atom. The maximum Gasteiger partial charge on any atom is 0.287 e. The van der Waals surface area contributed by atoms with Crippen LogP contribution in [-0.4, -0.2) is 60.2 Å². The van der Waals surface area contributed by atoms with Crippen LogP contribution < -0.4 is 31.6 Å². The SMILES string of the molecule is CNC(=O)C(=O)CC[C@H](NC(=O)c1sc(Br)c(Br)c1OC)C(=O)Nc1cccn(CC(=O)NC2C3CC4CC(C3)CC2C4)c1=O. The van der Waals surface area contributed by atoms with Gasteiger partial charge in [0.15, 0.2) is 5.75 Å². The Morgan fingerprint density at radius 2 is 1.73 bits per heavy atom. The molecule has 4 amide bonds. The number of carbonyl (C=O) groups excluding carboxylic acids is 5. The summed E-state index contributed by atoms with van der Waals surface area (Å²) >= 11 is 7.76. The van der Waals surface area contributed by atoms with Crippen molar-refractivity contribution < 1.29 is 28.7 Å². The number of amides is 4. The minimum absolute atomic E-state index is 0.0963. The highest BCUT2D eigenvalue weighted by Crippen LogP contribution is 2.53. The molecule has 1 atom stereocenters. The number of aromatic nitrogens is 1. The number of nitrogens with zero attached hydrogens (tertiary/aromatic N) is 1. The van der Waals surface area contributed by atoms with Crippen LogP contribution in [0.1, 0.15) is 54.6 Å². The summed E-state index contributed by atoms with van der Waals surface area (Å²) in [6, 6.07) is 1.79. The number of carbonyl (C=O) groups is 5. The predicted octanol–water partition coefficient (Wildman–Crippen LogP) is 3.22. The van der Waals surface area contributed by atoms with Crippen molar-refractivity contribution in [2.75, 3.05) is 19.5 Å². The molecule has 2 aromatic heterocycles. The molecule has 4 aliphatic rings. The first kappa shape index (κ1) is 33.3. The third-order valence-electron chi connectivity index (χ3n) is 9.09. The Balaban J connectivity index is 1.27. The zero-order chi connectivity index (χ0) is 32.4. The third kappa shape index (κ3) is 7.35. The van der Waals surface area contributed by atoms with E-state index in [0.717, 1.165) is 48.9 Å². The highest BCUT2D eigenvalue weighted by atomic mass is 79.9. The number of Topliss-reactive ketones (excluding diaryl/α,β-unsaturated/α-hetero) is 1. The number of thiophene rings is 1. The second-order valence-corrected chi connectivity index (χ2v) is 15.1. The molecule has 4 aliphatic carbocycles. The number of ether oxygens (including phenoxy) is 1. The summed E-state index contributed by atoms with van der Waals surface area (Å²) < 4.78 is 7.67. The van der Waals surface area contributed by atoms with Gasteiger partial charge in [-0.25, -0.2) is 0 Å². The molecule has 0 aromatic carbocycles. The molecule has 2 aromatic rings. The van der Waals surface area contributed by atoms with Crippen LogP contribution >= 0.6 is 43.2 Å². The summed E-state index contributed by atoms with van der Waals surface area (Å²) in [5.41, 5.74) is -0.689. The van der Waals surface area contributed by atoms with Gasteiger partial charge in [-0.05, 0) is 106 Å².